The molecule has 0 saturated carbocycles. The summed E-state index contributed by atoms with van der Waals surface area (Å²) < 4.78 is 10.7. The number of benzene rings is 4. The topological polar surface area (TPSA) is 72.9 Å². The van der Waals surface area contributed by atoms with E-state index in [0.717, 1.165) is 15.9 Å². The Kier molecular flexibility index (Phi) is 8.80. The number of hydrogen-bond acceptors (Lipinski definition) is 5. The van der Waals surface area contributed by atoms with Gasteiger partial charge < -0.3 is 9.47 Å². The molecule has 6 nitrogen and oxygen atoms in total. The first-order valence-corrected chi connectivity index (χ1v) is 14.2. The molecule has 0 bridgehead atoms. The molecule has 1 unspecified atom stereocenters. The van der Waals surface area contributed by atoms with E-state index in [9.17, 15) is 14.4 Å². The molecule has 0 saturated heterocycles. The molecule has 0 aliphatic carbocycles. The van der Waals surface area contributed by atoms with Gasteiger partial charge in [-0.15, -0.1) is 0 Å². The first-order valence-electron chi connectivity index (χ1n) is 12.4. The Hall–Kier alpha value is -4.41. The fraction of sp³-hybridized carbons (Fsp3) is 0.125. The van der Waals surface area contributed by atoms with Crippen molar-refractivity contribution in [2.24, 2.45) is 0 Å². The molecular formula is C32H30NO5P. The van der Waals surface area contributed by atoms with Gasteiger partial charge in [0.05, 0.1) is 19.5 Å². The minimum atomic E-state index is -3.13. The maximum atomic E-state index is 14.1. The van der Waals surface area contributed by atoms with Gasteiger partial charge in [0.15, 0.2) is 6.04 Å². The quantitative estimate of drug-likeness (QED) is 0.251. The number of carbonyl (C=O) groups excluding carboxylic acids is 3. The Labute approximate surface area is 228 Å². The van der Waals surface area contributed by atoms with Crippen LogP contribution in [0.15, 0.2) is 121 Å². The molecule has 39 heavy (non-hydrogen) atoms. The van der Waals surface area contributed by atoms with Crippen molar-refractivity contribution >= 4 is 51.6 Å². The molecule has 0 fully saturated rings. The summed E-state index contributed by atoms with van der Waals surface area (Å²) in [5, 5.41) is 2.62. The van der Waals surface area contributed by atoms with Crippen LogP contribution in [-0.2, 0) is 23.9 Å². The molecule has 0 spiro atoms. The summed E-state index contributed by atoms with van der Waals surface area (Å²) in [6, 6.07) is 36.2. The van der Waals surface area contributed by atoms with Gasteiger partial charge in [-0.3, -0.25) is 9.69 Å². The highest BCUT2D eigenvalue weighted by atomic mass is 31.2. The highest BCUT2D eigenvalue weighted by molar-refractivity contribution is 7.96. The molecule has 198 valence electrons. The fourth-order valence-corrected chi connectivity index (χ4v) is 9.45. The van der Waals surface area contributed by atoms with E-state index >= 15 is 0 Å². The number of esters is 2. The Morgan fingerprint density at radius 1 is 0.615 bits per heavy atom. The molecule has 0 aliphatic heterocycles. The van der Waals surface area contributed by atoms with Crippen molar-refractivity contribution in [1.29, 1.82) is 0 Å². The predicted octanol–water partition coefficient (Wildman–Crippen LogP) is 3.92. The van der Waals surface area contributed by atoms with E-state index in [4.69, 9.17) is 9.47 Å². The maximum absolute atomic E-state index is 14.1. The Balaban J connectivity index is 2.33. The Bertz CT molecular complexity index is 1390. The molecule has 0 heterocycles. The number of carbonyl (C=O) groups is 3. The summed E-state index contributed by atoms with van der Waals surface area (Å²) in [5.41, 5.74) is 0.453. The SMILES string of the molecule is COC(=O)C(C(C(=O)OC)N(C(C)=O)c1ccccc1)=P(c1ccccc1)(c1ccccc1)c1ccccc1. The van der Waals surface area contributed by atoms with Gasteiger partial charge in [0, 0.05) is 12.6 Å². The summed E-state index contributed by atoms with van der Waals surface area (Å²) in [6.07, 6.45) is 0. The molecule has 4 aromatic rings. The van der Waals surface area contributed by atoms with Gasteiger partial charge in [0.1, 0.15) is 0 Å². The average molecular weight is 540 g/mol. The smallest absolute Gasteiger partial charge is 0.337 e. The van der Waals surface area contributed by atoms with Crippen LogP contribution in [0.5, 0.6) is 0 Å². The molecule has 4 aromatic carbocycles. The molecule has 7 heteroatoms. The minimum Gasteiger partial charge on any atom is -0.467 e. The number of amides is 1. The molecule has 4 rings (SSSR count). The molecule has 0 radical (unpaired) electrons. The van der Waals surface area contributed by atoms with Crippen LogP contribution in [0.4, 0.5) is 5.69 Å². The van der Waals surface area contributed by atoms with Crippen molar-refractivity contribution in [2.75, 3.05) is 19.1 Å². The Morgan fingerprint density at radius 3 is 1.33 bits per heavy atom. The molecule has 0 aromatic heterocycles. The van der Waals surface area contributed by atoms with E-state index in [-0.39, 0.29) is 5.29 Å². The number of anilines is 1. The van der Waals surface area contributed by atoms with Gasteiger partial charge in [-0.05, 0) is 34.9 Å². The van der Waals surface area contributed by atoms with Crippen molar-refractivity contribution in [3.05, 3.63) is 121 Å². The first kappa shape index (κ1) is 27.6. The second kappa shape index (κ2) is 12.4. The zero-order chi connectivity index (χ0) is 27.8. The van der Waals surface area contributed by atoms with E-state index in [0.29, 0.717) is 5.69 Å². The van der Waals surface area contributed by atoms with Crippen molar-refractivity contribution in [3.63, 3.8) is 0 Å². The van der Waals surface area contributed by atoms with Gasteiger partial charge in [-0.2, -0.15) is 0 Å². The summed E-state index contributed by atoms with van der Waals surface area (Å²) >= 11 is 0. The van der Waals surface area contributed by atoms with Crippen LogP contribution in [0.3, 0.4) is 0 Å². The number of rotatable bonds is 8. The van der Waals surface area contributed by atoms with Gasteiger partial charge in [0.25, 0.3) is 0 Å². The number of ether oxygens (including phenoxy) is 2. The summed E-state index contributed by atoms with van der Waals surface area (Å²) in [7, 11) is 2.54. The van der Waals surface area contributed by atoms with Crippen LogP contribution in [-0.4, -0.2) is 43.4 Å². The monoisotopic (exact) mass is 539 g/mol. The van der Waals surface area contributed by atoms with Gasteiger partial charge in [0.2, 0.25) is 5.91 Å². The molecule has 0 aliphatic rings. The summed E-state index contributed by atoms with van der Waals surface area (Å²) in [4.78, 5) is 42.6. The molecular weight excluding hydrogens is 509 g/mol. The third kappa shape index (κ3) is 5.29. The second-order valence-electron chi connectivity index (χ2n) is 8.70. The van der Waals surface area contributed by atoms with Crippen molar-refractivity contribution in [2.45, 2.75) is 13.0 Å². The average Bonchev–Trinajstić information content (AvgIpc) is 2.99. The van der Waals surface area contributed by atoms with Gasteiger partial charge in [-0.25, -0.2) is 9.59 Å². The number of nitrogens with zero attached hydrogens (tertiary/aromatic N) is 1. The largest absolute Gasteiger partial charge is 0.467 e. The lowest BCUT2D eigenvalue weighted by Crippen LogP contribution is -2.54. The number of hydrogen-bond donors (Lipinski definition) is 0. The van der Waals surface area contributed by atoms with Crippen molar-refractivity contribution in [3.8, 4) is 0 Å². The van der Waals surface area contributed by atoms with Gasteiger partial charge >= 0.3 is 11.9 Å². The van der Waals surface area contributed by atoms with Crippen LogP contribution in [0.1, 0.15) is 6.92 Å². The Morgan fingerprint density at radius 2 is 1.00 bits per heavy atom. The van der Waals surface area contributed by atoms with E-state index in [1.807, 2.05) is 97.1 Å². The third-order valence-corrected chi connectivity index (χ3v) is 10.9. The zero-order valence-electron chi connectivity index (χ0n) is 22.1. The van der Waals surface area contributed by atoms with Crippen LogP contribution in [0.2, 0.25) is 0 Å². The van der Waals surface area contributed by atoms with Gasteiger partial charge in [-0.1, -0.05) is 109 Å². The van der Waals surface area contributed by atoms with Crippen molar-refractivity contribution in [1.82, 2.24) is 0 Å². The van der Waals surface area contributed by atoms with E-state index in [1.165, 1.54) is 26.0 Å². The third-order valence-electron chi connectivity index (χ3n) is 6.50. The van der Waals surface area contributed by atoms with Crippen LogP contribution in [0, 0.1) is 0 Å². The van der Waals surface area contributed by atoms with Crippen LogP contribution >= 0.6 is 6.89 Å². The normalized spacial score (nSPS) is 11.7. The summed E-state index contributed by atoms with van der Waals surface area (Å²) in [6.45, 7) is -1.76. The highest BCUT2D eigenvalue weighted by Gasteiger charge is 2.45. The fourth-order valence-electron chi connectivity index (χ4n) is 4.91. The van der Waals surface area contributed by atoms with Crippen molar-refractivity contribution < 1.29 is 23.9 Å². The standard InChI is InChI=1S/C32H30NO5P/c1-24(34)33(25-16-8-4-9-17-25)29(31(35)37-2)30(32(36)38-3)39(26-18-10-5-11-19-26,27-20-12-6-13-21-27)28-22-14-7-15-23-28/h4-23,29H,1-3H3. The lowest BCUT2D eigenvalue weighted by atomic mass is 10.1. The van der Waals surface area contributed by atoms with Crippen LogP contribution in [0.25, 0.3) is 0 Å². The maximum Gasteiger partial charge on any atom is 0.337 e. The first-order chi connectivity index (χ1) is 19.0. The molecule has 1 atom stereocenters. The number of para-hydroxylation sites is 1. The van der Waals surface area contributed by atoms with E-state index in [2.05, 4.69) is 0 Å². The number of methoxy groups -OCH3 is 2. The zero-order valence-corrected chi connectivity index (χ0v) is 23.0. The lowest BCUT2D eigenvalue weighted by molar-refractivity contribution is -0.142. The molecule has 0 N–H and O–H groups in total. The van der Waals surface area contributed by atoms with Crippen LogP contribution < -0.4 is 20.8 Å². The highest BCUT2D eigenvalue weighted by Crippen LogP contribution is 2.48. The van der Waals surface area contributed by atoms with E-state index in [1.54, 1.807) is 24.3 Å². The molecule has 1 amide bonds. The lowest BCUT2D eigenvalue weighted by Gasteiger charge is -2.37. The summed E-state index contributed by atoms with van der Waals surface area (Å²) in [5.74, 6) is -1.87. The predicted molar refractivity (Wildman–Crippen MR) is 158 cm³/mol. The minimum absolute atomic E-state index is 0.138. The second-order valence-corrected chi connectivity index (χ2v) is 12.1. The van der Waals surface area contributed by atoms with E-state index < -0.39 is 30.8 Å².